The lowest BCUT2D eigenvalue weighted by Crippen LogP contribution is -2.01. The summed E-state index contributed by atoms with van der Waals surface area (Å²) in [4.78, 5) is 5.55. The van der Waals surface area contributed by atoms with Gasteiger partial charge in [0.15, 0.2) is 0 Å². The fourth-order valence-electron chi connectivity index (χ4n) is 2.40. The van der Waals surface area contributed by atoms with Gasteiger partial charge in [-0.15, -0.1) is 11.3 Å². The second-order valence-electron chi connectivity index (χ2n) is 4.42. The van der Waals surface area contributed by atoms with Crippen LogP contribution in [0.1, 0.15) is 11.1 Å². The number of thiol groups is 1. The minimum atomic E-state index is 0.712. The van der Waals surface area contributed by atoms with E-state index in [1.807, 2.05) is 18.3 Å². The van der Waals surface area contributed by atoms with Crippen molar-refractivity contribution in [3.63, 3.8) is 0 Å². The molecular formula is C16H14N2S2. The Morgan fingerprint density at radius 3 is 2.95 bits per heavy atom. The van der Waals surface area contributed by atoms with Crippen molar-refractivity contribution in [2.24, 2.45) is 0 Å². The van der Waals surface area contributed by atoms with Crippen molar-refractivity contribution < 1.29 is 0 Å². The van der Waals surface area contributed by atoms with Gasteiger partial charge < -0.3 is 0 Å². The Bertz CT molecular complexity index is 762. The first-order valence-electron chi connectivity index (χ1n) is 6.29. The monoisotopic (exact) mass is 298 g/mol. The lowest BCUT2D eigenvalue weighted by molar-refractivity contribution is 0.988. The van der Waals surface area contributed by atoms with Crippen LogP contribution in [-0.2, 0) is 6.54 Å². The normalized spacial score (nSPS) is 10.8. The van der Waals surface area contributed by atoms with E-state index in [4.69, 9.17) is 0 Å². The molecule has 3 rings (SSSR count). The first-order chi connectivity index (χ1) is 9.85. The molecule has 2 aromatic heterocycles. The van der Waals surface area contributed by atoms with Crippen molar-refractivity contribution in [1.82, 2.24) is 9.71 Å². The summed E-state index contributed by atoms with van der Waals surface area (Å²) in [5.74, 6) is 0. The van der Waals surface area contributed by atoms with E-state index in [-0.39, 0.29) is 0 Å². The summed E-state index contributed by atoms with van der Waals surface area (Å²) in [6.07, 6.45) is 3.76. The number of fused-ring (bicyclic) bond motifs is 1. The van der Waals surface area contributed by atoms with Gasteiger partial charge in [-0.3, -0.25) is 4.72 Å². The Hall–Kier alpha value is -1.62. The molecule has 3 aromatic rings. The van der Waals surface area contributed by atoms with E-state index in [0.717, 1.165) is 10.4 Å². The molecule has 1 N–H and O–H groups in total. The minimum absolute atomic E-state index is 0.712. The van der Waals surface area contributed by atoms with Crippen molar-refractivity contribution in [3.05, 3.63) is 59.6 Å². The highest BCUT2D eigenvalue weighted by molar-refractivity contribution is 7.78. The van der Waals surface area contributed by atoms with E-state index in [2.05, 4.69) is 58.7 Å². The molecule has 0 radical (unpaired) electrons. The van der Waals surface area contributed by atoms with Crippen molar-refractivity contribution in [2.45, 2.75) is 6.54 Å². The number of benzene rings is 1. The predicted molar refractivity (Wildman–Crippen MR) is 91.0 cm³/mol. The standard InChI is InChI=1S/C16H14N2S2/c1-2-11-9-17-16-14(7-8-20-16)15(11)13-6-4-3-5-12(13)10-18-19/h2-9,18-19H,1,10H2. The molecule has 0 bridgehead atoms. The highest BCUT2D eigenvalue weighted by Gasteiger charge is 2.13. The Balaban J connectivity index is 2.33. The molecule has 0 saturated carbocycles. The van der Waals surface area contributed by atoms with Gasteiger partial charge in [-0.1, -0.05) is 49.7 Å². The second kappa shape index (κ2) is 5.79. The number of pyridine rings is 1. The topological polar surface area (TPSA) is 24.9 Å². The van der Waals surface area contributed by atoms with E-state index >= 15 is 0 Å². The van der Waals surface area contributed by atoms with Crippen LogP contribution in [0.25, 0.3) is 27.4 Å². The Kier molecular flexibility index (Phi) is 3.87. The van der Waals surface area contributed by atoms with Gasteiger partial charge in [0, 0.05) is 29.3 Å². The van der Waals surface area contributed by atoms with Crippen molar-refractivity contribution in [3.8, 4) is 11.1 Å². The van der Waals surface area contributed by atoms with E-state index in [0.29, 0.717) is 6.54 Å². The molecule has 100 valence electrons. The zero-order valence-electron chi connectivity index (χ0n) is 10.8. The number of hydrogen-bond acceptors (Lipinski definition) is 4. The highest BCUT2D eigenvalue weighted by Crippen LogP contribution is 2.35. The maximum absolute atomic E-state index is 4.49. The van der Waals surface area contributed by atoms with Gasteiger partial charge in [0.25, 0.3) is 0 Å². The smallest absolute Gasteiger partial charge is 0.123 e. The number of rotatable bonds is 4. The van der Waals surface area contributed by atoms with Gasteiger partial charge in [0.05, 0.1) is 0 Å². The molecule has 0 aliphatic heterocycles. The summed E-state index contributed by atoms with van der Waals surface area (Å²) in [7, 11) is 0. The molecule has 2 heterocycles. The summed E-state index contributed by atoms with van der Waals surface area (Å²) in [5, 5.41) is 3.26. The van der Waals surface area contributed by atoms with Crippen LogP contribution in [0.15, 0.2) is 48.5 Å². The van der Waals surface area contributed by atoms with Crippen molar-refractivity contribution in [1.29, 1.82) is 0 Å². The first-order valence-corrected chi connectivity index (χ1v) is 7.61. The van der Waals surface area contributed by atoms with Gasteiger partial charge in [0.2, 0.25) is 0 Å². The minimum Gasteiger partial charge on any atom is -0.262 e. The van der Waals surface area contributed by atoms with Gasteiger partial charge in [-0.25, -0.2) is 4.98 Å². The maximum atomic E-state index is 4.49. The Morgan fingerprint density at radius 1 is 1.30 bits per heavy atom. The molecule has 0 amide bonds. The summed E-state index contributed by atoms with van der Waals surface area (Å²) >= 11 is 5.78. The SMILES string of the molecule is C=Cc1cnc2sccc2c1-c1ccccc1CNS. The largest absolute Gasteiger partial charge is 0.262 e. The van der Waals surface area contributed by atoms with Gasteiger partial charge in [-0.05, 0) is 22.6 Å². The van der Waals surface area contributed by atoms with E-state index < -0.39 is 0 Å². The third-order valence-electron chi connectivity index (χ3n) is 3.30. The average Bonchev–Trinajstić information content (AvgIpc) is 2.95. The van der Waals surface area contributed by atoms with E-state index in [9.17, 15) is 0 Å². The van der Waals surface area contributed by atoms with Crippen LogP contribution < -0.4 is 4.72 Å². The van der Waals surface area contributed by atoms with Gasteiger partial charge in [-0.2, -0.15) is 0 Å². The third kappa shape index (κ3) is 2.26. The molecule has 0 unspecified atom stereocenters. The molecule has 0 aliphatic rings. The number of aromatic nitrogens is 1. The van der Waals surface area contributed by atoms with Crippen LogP contribution in [0.4, 0.5) is 0 Å². The maximum Gasteiger partial charge on any atom is 0.123 e. The van der Waals surface area contributed by atoms with E-state index in [1.165, 1.54) is 22.1 Å². The third-order valence-corrected chi connectivity index (χ3v) is 4.28. The molecule has 4 heteroatoms. The van der Waals surface area contributed by atoms with Crippen LogP contribution in [-0.4, -0.2) is 4.98 Å². The first kappa shape index (κ1) is 13.4. The summed E-state index contributed by atoms with van der Waals surface area (Å²) in [5.41, 5.74) is 4.67. The van der Waals surface area contributed by atoms with Crippen LogP contribution in [0, 0.1) is 0 Å². The lowest BCUT2D eigenvalue weighted by Gasteiger charge is -2.13. The van der Waals surface area contributed by atoms with Gasteiger partial charge in [0.1, 0.15) is 4.83 Å². The molecule has 0 fully saturated rings. The summed E-state index contributed by atoms with van der Waals surface area (Å²) in [6.45, 7) is 4.63. The van der Waals surface area contributed by atoms with Crippen LogP contribution in [0.2, 0.25) is 0 Å². The fraction of sp³-hybridized carbons (Fsp3) is 0.0625. The highest BCUT2D eigenvalue weighted by atomic mass is 32.1. The quantitative estimate of drug-likeness (QED) is 0.691. The molecule has 2 nitrogen and oxygen atoms in total. The zero-order valence-corrected chi connectivity index (χ0v) is 12.5. The van der Waals surface area contributed by atoms with Crippen LogP contribution >= 0.6 is 24.2 Å². The Morgan fingerprint density at radius 2 is 2.15 bits per heavy atom. The Labute approximate surface area is 127 Å². The van der Waals surface area contributed by atoms with Crippen LogP contribution in [0.3, 0.4) is 0 Å². The van der Waals surface area contributed by atoms with Crippen LogP contribution in [0.5, 0.6) is 0 Å². The second-order valence-corrected chi connectivity index (χ2v) is 5.63. The van der Waals surface area contributed by atoms with Crippen molar-refractivity contribution >= 4 is 40.4 Å². The number of nitrogens with one attached hydrogen (secondary N) is 1. The summed E-state index contributed by atoms with van der Waals surface area (Å²) < 4.78 is 2.93. The molecule has 20 heavy (non-hydrogen) atoms. The summed E-state index contributed by atoms with van der Waals surface area (Å²) in [6, 6.07) is 10.5. The van der Waals surface area contributed by atoms with E-state index in [1.54, 1.807) is 11.3 Å². The molecule has 0 atom stereocenters. The predicted octanol–water partition coefficient (Wildman–Crippen LogP) is 4.54. The average molecular weight is 298 g/mol. The molecule has 0 aliphatic carbocycles. The lowest BCUT2D eigenvalue weighted by atomic mass is 9.94. The zero-order chi connectivity index (χ0) is 13.9. The molecular weight excluding hydrogens is 284 g/mol. The fourth-order valence-corrected chi connectivity index (χ4v) is 3.31. The molecule has 1 aromatic carbocycles. The molecule has 0 spiro atoms. The number of thiophene rings is 1. The number of hydrogen-bond donors (Lipinski definition) is 2. The van der Waals surface area contributed by atoms with Gasteiger partial charge >= 0.3 is 0 Å². The number of nitrogens with zero attached hydrogens (tertiary/aromatic N) is 1. The van der Waals surface area contributed by atoms with Crippen molar-refractivity contribution in [2.75, 3.05) is 0 Å². The molecule has 0 saturated heterocycles.